The van der Waals surface area contributed by atoms with E-state index in [-0.39, 0.29) is 36.8 Å². The van der Waals surface area contributed by atoms with Crippen LogP contribution in [0.1, 0.15) is 48.2 Å². The Morgan fingerprint density at radius 1 is 1.19 bits per heavy atom. The number of nitrogens with zero attached hydrogens (tertiary/aromatic N) is 1. The van der Waals surface area contributed by atoms with E-state index in [4.69, 9.17) is 5.73 Å². The Balaban J connectivity index is 0.00000131. The number of aromatic nitrogens is 1. The van der Waals surface area contributed by atoms with Crippen LogP contribution in [0.2, 0.25) is 0 Å². The summed E-state index contributed by atoms with van der Waals surface area (Å²) in [7, 11) is 0. The van der Waals surface area contributed by atoms with E-state index in [0.29, 0.717) is 23.4 Å². The molecule has 7 heteroatoms. The van der Waals surface area contributed by atoms with E-state index >= 15 is 0 Å². The highest BCUT2D eigenvalue weighted by Gasteiger charge is 2.40. The predicted octanol–water partition coefficient (Wildman–Crippen LogP) is 4.60. The Hall–Kier alpha value is -1.14. The number of nitrogens with one attached hydrogen (secondary N) is 1. The Kier molecular flexibility index (Phi) is 7.69. The highest BCUT2D eigenvalue weighted by molar-refractivity contribution is 7.08. The van der Waals surface area contributed by atoms with Crippen molar-refractivity contribution in [2.45, 2.75) is 51.1 Å². The molecule has 2 unspecified atom stereocenters. The summed E-state index contributed by atoms with van der Waals surface area (Å²) in [5.74, 6) is 1.08. The maximum absolute atomic E-state index is 12.9. The van der Waals surface area contributed by atoms with Gasteiger partial charge in [0, 0.05) is 23.0 Å². The fourth-order valence-electron chi connectivity index (χ4n) is 4.63. The summed E-state index contributed by atoms with van der Waals surface area (Å²) >= 11 is 1.65. The van der Waals surface area contributed by atoms with Crippen LogP contribution in [0.4, 0.5) is 0 Å². The van der Waals surface area contributed by atoms with Gasteiger partial charge in [-0.1, -0.05) is 6.42 Å². The fraction of sp³-hybridized carbons (Fsp3) is 0.500. The summed E-state index contributed by atoms with van der Waals surface area (Å²) in [6.45, 7) is 1.92. The van der Waals surface area contributed by atoms with Crippen molar-refractivity contribution in [3.8, 4) is 11.3 Å². The number of thiophene rings is 1. The van der Waals surface area contributed by atoms with E-state index in [1.165, 1.54) is 19.3 Å². The molecule has 27 heavy (non-hydrogen) atoms. The van der Waals surface area contributed by atoms with Crippen LogP contribution in [0, 0.1) is 18.8 Å². The summed E-state index contributed by atoms with van der Waals surface area (Å²) in [4.78, 5) is 17.5. The van der Waals surface area contributed by atoms with Gasteiger partial charge in [-0.2, -0.15) is 11.3 Å². The zero-order valence-electron chi connectivity index (χ0n) is 15.4. The number of fused-ring (bicyclic) bond motifs is 2. The topological polar surface area (TPSA) is 68.0 Å². The molecule has 2 saturated carbocycles. The van der Waals surface area contributed by atoms with Gasteiger partial charge in [0.05, 0.1) is 17.0 Å². The molecule has 0 aliphatic heterocycles. The average molecular weight is 428 g/mol. The first kappa shape index (κ1) is 22.2. The first-order valence-corrected chi connectivity index (χ1v) is 10.1. The molecule has 2 aliphatic rings. The van der Waals surface area contributed by atoms with E-state index in [9.17, 15) is 4.79 Å². The standard InChI is InChI=1S/C20H25N3OS.2ClH/c1-12-17(5-6-18(22-12)15-7-8-25-11-15)20(24)23-19-13-3-2-4-14(19)10-16(21)9-13;;/h5-8,11,13-14,16,19H,2-4,9-10,21H2,1H3,(H,23,24);2*1H. The van der Waals surface area contributed by atoms with Gasteiger partial charge in [0.15, 0.2) is 0 Å². The fourth-order valence-corrected chi connectivity index (χ4v) is 5.28. The van der Waals surface area contributed by atoms with Gasteiger partial charge in [0.25, 0.3) is 5.91 Å². The molecule has 0 radical (unpaired) electrons. The third-order valence-corrected chi connectivity index (χ3v) is 6.50. The molecule has 0 spiro atoms. The zero-order chi connectivity index (χ0) is 17.4. The molecule has 148 valence electrons. The van der Waals surface area contributed by atoms with Gasteiger partial charge in [-0.15, -0.1) is 24.8 Å². The highest BCUT2D eigenvalue weighted by Crippen LogP contribution is 2.39. The Labute approximate surface area is 177 Å². The molecule has 2 fully saturated rings. The Morgan fingerprint density at radius 2 is 1.89 bits per heavy atom. The molecule has 2 atom stereocenters. The van der Waals surface area contributed by atoms with E-state index in [1.54, 1.807) is 11.3 Å². The summed E-state index contributed by atoms with van der Waals surface area (Å²) in [5, 5.41) is 7.44. The molecule has 0 aromatic carbocycles. The molecule has 2 aromatic rings. The second-order valence-corrected chi connectivity index (χ2v) is 8.30. The van der Waals surface area contributed by atoms with Gasteiger partial charge in [-0.05, 0) is 68.0 Å². The lowest BCUT2D eigenvalue weighted by Gasteiger charge is -2.45. The minimum atomic E-state index is 0. The molecule has 2 heterocycles. The second-order valence-electron chi connectivity index (χ2n) is 7.52. The van der Waals surface area contributed by atoms with Crippen molar-refractivity contribution < 1.29 is 4.79 Å². The second kappa shape index (κ2) is 9.37. The van der Waals surface area contributed by atoms with Crippen molar-refractivity contribution in [1.82, 2.24) is 10.3 Å². The number of pyridine rings is 1. The quantitative estimate of drug-likeness (QED) is 0.751. The van der Waals surface area contributed by atoms with Crippen molar-refractivity contribution in [1.29, 1.82) is 0 Å². The molecule has 2 aliphatic carbocycles. The van der Waals surface area contributed by atoms with Crippen molar-refractivity contribution in [3.63, 3.8) is 0 Å². The smallest absolute Gasteiger partial charge is 0.253 e. The summed E-state index contributed by atoms with van der Waals surface area (Å²) in [6, 6.07) is 6.49. The molecule has 3 N–H and O–H groups in total. The first-order valence-electron chi connectivity index (χ1n) is 9.18. The first-order chi connectivity index (χ1) is 12.1. The van der Waals surface area contributed by atoms with Crippen LogP contribution in [0.5, 0.6) is 0 Å². The van der Waals surface area contributed by atoms with Crippen LogP contribution < -0.4 is 11.1 Å². The molecule has 4 nitrogen and oxygen atoms in total. The van der Waals surface area contributed by atoms with E-state index in [0.717, 1.165) is 29.8 Å². The number of carbonyl (C=O) groups excluding carboxylic acids is 1. The maximum atomic E-state index is 12.9. The molecule has 1 amide bonds. The average Bonchev–Trinajstić information content (AvgIpc) is 3.10. The lowest BCUT2D eigenvalue weighted by Crippen LogP contribution is -2.53. The Morgan fingerprint density at radius 3 is 2.48 bits per heavy atom. The minimum absolute atomic E-state index is 0. The van der Waals surface area contributed by atoms with Crippen LogP contribution in [0.15, 0.2) is 29.0 Å². The Bertz CT molecular complexity index is 755. The molecular formula is C20H27Cl2N3OS. The summed E-state index contributed by atoms with van der Waals surface area (Å²) in [6.07, 6.45) is 5.71. The third-order valence-electron chi connectivity index (χ3n) is 5.82. The molecule has 2 aromatic heterocycles. The van der Waals surface area contributed by atoms with E-state index in [1.807, 2.05) is 24.4 Å². The number of rotatable bonds is 3. The molecule has 0 saturated heterocycles. The van der Waals surface area contributed by atoms with Gasteiger partial charge in [-0.3, -0.25) is 9.78 Å². The number of nitrogens with two attached hydrogens (primary N) is 1. The maximum Gasteiger partial charge on any atom is 0.253 e. The SMILES string of the molecule is Cc1nc(-c2ccsc2)ccc1C(=O)NC1C2CCCC1CC(N)C2.Cl.Cl. The number of carbonyl (C=O) groups is 1. The van der Waals surface area contributed by atoms with Crippen LogP contribution >= 0.6 is 36.2 Å². The van der Waals surface area contributed by atoms with Crippen LogP contribution in [0.25, 0.3) is 11.3 Å². The largest absolute Gasteiger partial charge is 0.349 e. The minimum Gasteiger partial charge on any atom is -0.349 e. The van der Waals surface area contributed by atoms with Crippen molar-refractivity contribution in [2.24, 2.45) is 17.6 Å². The normalized spacial score (nSPS) is 26.4. The number of hydrogen-bond donors (Lipinski definition) is 2. The lowest BCUT2D eigenvalue weighted by molar-refractivity contribution is 0.0755. The third kappa shape index (κ3) is 4.65. The van der Waals surface area contributed by atoms with Crippen molar-refractivity contribution >= 4 is 42.1 Å². The van der Waals surface area contributed by atoms with Crippen LogP contribution in [-0.4, -0.2) is 23.0 Å². The van der Waals surface area contributed by atoms with Gasteiger partial charge in [-0.25, -0.2) is 0 Å². The monoisotopic (exact) mass is 427 g/mol. The van der Waals surface area contributed by atoms with Gasteiger partial charge >= 0.3 is 0 Å². The number of halogens is 2. The number of aryl methyl sites for hydroxylation is 1. The van der Waals surface area contributed by atoms with Crippen LogP contribution in [-0.2, 0) is 0 Å². The van der Waals surface area contributed by atoms with Crippen molar-refractivity contribution in [3.05, 3.63) is 40.2 Å². The molecular weight excluding hydrogens is 401 g/mol. The highest BCUT2D eigenvalue weighted by atomic mass is 35.5. The summed E-state index contributed by atoms with van der Waals surface area (Å²) in [5.41, 5.74) is 9.71. The number of amides is 1. The molecule has 4 rings (SSSR count). The van der Waals surface area contributed by atoms with E-state index < -0.39 is 0 Å². The van der Waals surface area contributed by atoms with Crippen LogP contribution in [0.3, 0.4) is 0 Å². The number of hydrogen-bond acceptors (Lipinski definition) is 4. The van der Waals surface area contributed by atoms with E-state index in [2.05, 4.69) is 21.7 Å². The zero-order valence-corrected chi connectivity index (χ0v) is 17.8. The van der Waals surface area contributed by atoms with Gasteiger partial charge in [0.2, 0.25) is 0 Å². The van der Waals surface area contributed by atoms with Gasteiger partial charge in [0.1, 0.15) is 0 Å². The lowest BCUT2D eigenvalue weighted by atomic mass is 9.67. The predicted molar refractivity (Wildman–Crippen MR) is 116 cm³/mol. The van der Waals surface area contributed by atoms with Crippen molar-refractivity contribution in [2.75, 3.05) is 0 Å². The summed E-state index contributed by atoms with van der Waals surface area (Å²) < 4.78 is 0. The van der Waals surface area contributed by atoms with Gasteiger partial charge < -0.3 is 11.1 Å². The molecule has 2 bridgehead atoms.